The van der Waals surface area contributed by atoms with Gasteiger partial charge in [-0.1, -0.05) is 60.1 Å². The highest BCUT2D eigenvalue weighted by atomic mass is 35.5. The van der Waals surface area contributed by atoms with Crippen molar-refractivity contribution >= 4 is 23.5 Å². The second-order valence-electron chi connectivity index (χ2n) is 16.1. The maximum absolute atomic E-state index is 12.0. The number of aliphatic hydroxyl groups excluding tert-OH is 2. The van der Waals surface area contributed by atoms with Crippen molar-refractivity contribution < 1.29 is 44.2 Å². The van der Waals surface area contributed by atoms with Gasteiger partial charge in [0.1, 0.15) is 41.2 Å². The summed E-state index contributed by atoms with van der Waals surface area (Å²) in [5, 5.41) is 51.1. The summed E-state index contributed by atoms with van der Waals surface area (Å²) in [7, 11) is 0. The van der Waals surface area contributed by atoms with Gasteiger partial charge in [-0.05, 0) is 116 Å². The Morgan fingerprint density at radius 3 is 2.10 bits per heavy atom. The number of hydrogen-bond donors (Lipinski definition) is 5. The zero-order valence-corrected chi connectivity index (χ0v) is 34.6. The van der Waals surface area contributed by atoms with Crippen molar-refractivity contribution in [3.63, 3.8) is 0 Å². The van der Waals surface area contributed by atoms with Crippen molar-refractivity contribution in [1.82, 2.24) is 15.3 Å². The molecule has 61 heavy (non-hydrogen) atoms. The van der Waals surface area contributed by atoms with Crippen molar-refractivity contribution in [2.75, 3.05) is 13.2 Å². The Morgan fingerprint density at radius 2 is 1.51 bits per heavy atom. The quantitative estimate of drug-likeness (QED) is 0.0587. The normalized spacial score (nSPS) is 17.3. The summed E-state index contributed by atoms with van der Waals surface area (Å²) in [6.07, 6.45) is 5.95. The topological polar surface area (TPSA) is 204 Å². The fourth-order valence-corrected chi connectivity index (χ4v) is 8.01. The number of fused-ring (bicyclic) bond motifs is 2. The maximum atomic E-state index is 12.0. The van der Waals surface area contributed by atoms with E-state index in [4.69, 9.17) is 30.8 Å². The molecule has 0 bridgehead atoms. The van der Waals surface area contributed by atoms with Crippen molar-refractivity contribution in [1.29, 1.82) is 5.26 Å². The molecule has 0 unspecified atom stereocenters. The molecular formula is C47H47ClN4O9. The number of carboxylic acids is 2. The van der Waals surface area contributed by atoms with Gasteiger partial charge in [0.2, 0.25) is 11.8 Å². The molecule has 5 N–H and O–H groups in total. The molecule has 0 saturated heterocycles. The lowest BCUT2D eigenvalue weighted by molar-refractivity contribution is -0.150. The largest absolute Gasteiger partial charge is 0.486 e. The summed E-state index contributed by atoms with van der Waals surface area (Å²) in [5.41, 5.74) is 6.47. The van der Waals surface area contributed by atoms with Crippen LogP contribution in [-0.2, 0) is 42.0 Å². The van der Waals surface area contributed by atoms with Gasteiger partial charge in [0.25, 0.3) is 0 Å². The molecule has 2 heterocycles. The van der Waals surface area contributed by atoms with Gasteiger partial charge in [-0.3, -0.25) is 19.9 Å². The van der Waals surface area contributed by atoms with Crippen molar-refractivity contribution in [3.05, 3.63) is 135 Å². The third kappa shape index (κ3) is 9.33. The molecule has 0 aliphatic heterocycles. The number of aliphatic carboxylic acids is 2. The molecular weight excluding hydrogens is 800 g/mol. The summed E-state index contributed by atoms with van der Waals surface area (Å²) >= 11 is 6.83. The predicted octanol–water partition coefficient (Wildman–Crippen LogP) is 7.32. The monoisotopic (exact) mass is 846 g/mol. The van der Waals surface area contributed by atoms with Crippen molar-refractivity contribution in [3.8, 4) is 34.7 Å². The molecule has 0 spiro atoms. The van der Waals surface area contributed by atoms with Gasteiger partial charge in [-0.2, -0.15) is 10.2 Å². The second-order valence-corrected chi connectivity index (χ2v) is 16.5. The molecule has 14 heteroatoms. The molecule has 7 rings (SSSR count). The number of ether oxygens (including phenoxy) is 3. The van der Waals surface area contributed by atoms with Gasteiger partial charge in [-0.25, -0.2) is 0 Å². The Bertz CT molecular complexity index is 2470. The predicted molar refractivity (Wildman–Crippen MR) is 225 cm³/mol. The van der Waals surface area contributed by atoms with E-state index in [1.54, 1.807) is 18.3 Å². The Kier molecular flexibility index (Phi) is 12.9. The van der Waals surface area contributed by atoms with Crippen LogP contribution in [-0.4, -0.2) is 61.1 Å². The third-order valence-electron chi connectivity index (χ3n) is 11.7. The number of carbonyl (C=O) groups is 2. The first kappa shape index (κ1) is 43.1. The molecule has 3 aromatic carbocycles. The number of nitrogens with zero attached hydrogens (tertiary/aromatic N) is 3. The van der Waals surface area contributed by atoms with Crippen LogP contribution in [0.1, 0.15) is 89.8 Å². The molecule has 2 aliphatic carbocycles. The number of halogens is 1. The zero-order chi connectivity index (χ0) is 43.3. The lowest BCUT2D eigenvalue weighted by Gasteiger charge is -2.23. The van der Waals surface area contributed by atoms with E-state index in [1.807, 2.05) is 30.3 Å². The number of pyridine rings is 2. The molecule has 5 aromatic rings. The molecule has 2 aliphatic rings. The minimum atomic E-state index is -1.43. The highest BCUT2D eigenvalue weighted by Gasteiger charge is 2.35. The molecule has 316 valence electrons. The summed E-state index contributed by atoms with van der Waals surface area (Å²) in [5.74, 6) is -1.16. The van der Waals surface area contributed by atoms with E-state index in [0.717, 1.165) is 47.1 Å². The smallest absolute Gasteiger partial charge is 0.326 e. The van der Waals surface area contributed by atoms with E-state index in [1.165, 1.54) is 31.2 Å². The Hall–Kier alpha value is -6.04. The molecule has 0 fully saturated rings. The Morgan fingerprint density at radius 1 is 0.852 bits per heavy atom. The van der Waals surface area contributed by atoms with E-state index in [2.05, 4.69) is 46.7 Å². The Balaban J connectivity index is 1.09. The number of carboxylic acid groups (broad SMARTS) is 2. The first-order valence-electron chi connectivity index (χ1n) is 20.1. The summed E-state index contributed by atoms with van der Waals surface area (Å²) in [6, 6.07) is 25.5. The fraction of sp³-hybridized carbons (Fsp3) is 0.340. The lowest BCUT2D eigenvalue weighted by Crippen LogP contribution is -2.52. The number of aliphatic hydroxyl groups is 2. The van der Waals surface area contributed by atoms with Crippen LogP contribution in [0.3, 0.4) is 0 Å². The molecule has 0 radical (unpaired) electrons. The van der Waals surface area contributed by atoms with Gasteiger partial charge < -0.3 is 34.6 Å². The number of rotatable bonds is 18. The number of hydrogen-bond acceptors (Lipinski definition) is 11. The maximum Gasteiger partial charge on any atom is 0.326 e. The molecule has 13 nitrogen and oxygen atoms in total. The van der Waals surface area contributed by atoms with Crippen LogP contribution < -0.4 is 19.5 Å². The van der Waals surface area contributed by atoms with Gasteiger partial charge in [-0.15, -0.1) is 0 Å². The SMILES string of the molecule is C[C@@](CO)(CCc1cc(Cl)c(O[C@H]2CCc3c(-c4cccc5c4CC[C@@H]5Oc4ccc(CN[C@@](C)(CO)C(=O)O)cc4)cccc32)nc1OCc1cncc(C#N)c1)C(=O)O. The highest BCUT2D eigenvalue weighted by molar-refractivity contribution is 6.31. The van der Waals surface area contributed by atoms with Gasteiger partial charge in [0.15, 0.2) is 0 Å². The van der Waals surface area contributed by atoms with E-state index >= 15 is 0 Å². The fourth-order valence-electron chi connectivity index (χ4n) is 7.79. The van der Waals surface area contributed by atoms with Crippen LogP contribution >= 0.6 is 11.6 Å². The number of aryl methyl sites for hydroxylation is 1. The van der Waals surface area contributed by atoms with Crippen LogP contribution in [0, 0.1) is 16.7 Å². The average Bonchev–Trinajstić information content (AvgIpc) is 3.89. The van der Waals surface area contributed by atoms with Gasteiger partial charge in [0.05, 0.1) is 24.2 Å². The van der Waals surface area contributed by atoms with Gasteiger partial charge >= 0.3 is 11.9 Å². The highest BCUT2D eigenvalue weighted by Crippen LogP contribution is 2.46. The summed E-state index contributed by atoms with van der Waals surface area (Å²) < 4.78 is 19.2. The second kappa shape index (κ2) is 18.3. The number of nitriles is 1. The van der Waals surface area contributed by atoms with Crippen LogP contribution in [0.4, 0.5) is 0 Å². The van der Waals surface area contributed by atoms with Crippen LogP contribution in [0.25, 0.3) is 11.1 Å². The van der Waals surface area contributed by atoms with Crippen molar-refractivity contribution in [2.24, 2.45) is 5.41 Å². The van der Waals surface area contributed by atoms with E-state index in [0.29, 0.717) is 28.9 Å². The van der Waals surface area contributed by atoms with Gasteiger partial charge in [0, 0.05) is 30.1 Å². The Labute approximate surface area is 358 Å². The third-order valence-corrected chi connectivity index (χ3v) is 12.0. The number of aromatic nitrogens is 2. The molecule has 2 aromatic heterocycles. The number of benzene rings is 3. The van der Waals surface area contributed by atoms with Crippen LogP contribution in [0.2, 0.25) is 5.02 Å². The van der Waals surface area contributed by atoms with E-state index in [-0.39, 0.29) is 55.0 Å². The minimum Gasteiger partial charge on any atom is -0.486 e. The number of nitrogens with one attached hydrogen (secondary N) is 1. The summed E-state index contributed by atoms with van der Waals surface area (Å²) in [4.78, 5) is 32.3. The molecule has 0 saturated carbocycles. The minimum absolute atomic E-state index is 0.0363. The first-order chi connectivity index (χ1) is 29.3. The lowest BCUT2D eigenvalue weighted by atomic mass is 9.85. The molecule has 0 amide bonds. The zero-order valence-electron chi connectivity index (χ0n) is 33.9. The first-order valence-corrected chi connectivity index (χ1v) is 20.5. The van der Waals surface area contributed by atoms with Crippen LogP contribution in [0.15, 0.2) is 85.2 Å². The van der Waals surface area contributed by atoms with E-state index < -0.39 is 36.1 Å². The molecule has 4 atom stereocenters. The standard InChI is InChI=1S/C47H47ClN4O9/c1-46(26-53,44(55)56)18-17-31-20-39(48)43(52-42(31)59-25-30-19-29(21-49)22-50-23-30)61-41-16-14-36-34(6-4-8-38(36)41)33-5-3-7-37-35(33)13-15-40(37)60-32-11-9-28(10-12-32)24-51-47(2,27-54)45(57)58/h3-12,19-20,22-23,40-41,51,53-54H,13-18,24-27H2,1-2H3,(H,55,56)(H,57,58)/t40-,41-,46-,47-/m0/s1. The average molecular weight is 847 g/mol. The van der Waals surface area contributed by atoms with E-state index in [9.17, 15) is 35.3 Å². The van der Waals surface area contributed by atoms with Crippen molar-refractivity contribution in [2.45, 2.75) is 83.3 Å². The van der Waals surface area contributed by atoms with Crippen LogP contribution in [0.5, 0.6) is 17.5 Å². The summed E-state index contributed by atoms with van der Waals surface area (Å²) in [6.45, 7) is 2.16.